The van der Waals surface area contributed by atoms with E-state index < -0.39 is 10.0 Å². The normalized spacial score (nSPS) is 21.6. The first-order valence-corrected chi connectivity index (χ1v) is 8.63. The SMILES string of the molecule is CCC1CCCN1S(=O)(=O)c1c(C)csc1CN. The molecule has 1 unspecified atom stereocenters. The van der Waals surface area contributed by atoms with Crippen molar-refractivity contribution >= 4 is 21.4 Å². The Balaban J connectivity index is 2.45. The van der Waals surface area contributed by atoms with Crippen LogP contribution in [0.25, 0.3) is 0 Å². The van der Waals surface area contributed by atoms with Gasteiger partial charge in [0.2, 0.25) is 10.0 Å². The molecule has 0 bridgehead atoms. The fourth-order valence-electron chi connectivity index (χ4n) is 2.63. The highest BCUT2D eigenvalue weighted by Crippen LogP contribution is 2.33. The smallest absolute Gasteiger partial charge is 0.244 e. The van der Waals surface area contributed by atoms with E-state index in [0.29, 0.717) is 11.4 Å². The van der Waals surface area contributed by atoms with E-state index in [0.717, 1.165) is 29.7 Å². The highest BCUT2D eigenvalue weighted by Gasteiger charge is 2.36. The molecule has 18 heavy (non-hydrogen) atoms. The van der Waals surface area contributed by atoms with Crippen molar-refractivity contribution in [3.8, 4) is 0 Å². The second-order valence-electron chi connectivity index (χ2n) is 4.70. The molecule has 0 aliphatic carbocycles. The summed E-state index contributed by atoms with van der Waals surface area (Å²) in [6.07, 6.45) is 2.80. The fourth-order valence-corrected chi connectivity index (χ4v) is 6.05. The molecule has 1 aromatic rings. The minimum Gasteiger partial charge on any atom is -0.326 e. The van der Waals surface area contributed by atoms with E-state index in [9.17, 15) is 8.42 Å². The summed E-state index contributed by atoms with van der Waals surface area (Å²) in [7, 11) is -3.37. The molecular weight excluding hydrogens is 268 g/mol. The lowest BCUT2D eigenvalue weighted by atomic mass is 10.2. The van der Waals surface area contributed by atoms with Crippen molar-refractivity contribution in [2.24, 2.45) is 5.73 Å². The first-order chi connectivity index (χ1) is 8.52. The monoisotopic (exact) mass is 288 g/mol. The highest BCUT2D eigenvalue weighted by atomic mass is 32.2. The Morgan fingerprint density at radius 2 is 2.28 bits per heavy atom. The molecule has 1 atom stereocenters. The zero-order valence-corrected chi connectivity index (χ0v) is 12.5. The first-order valence-electron chi connectivity index (χ1n) is 6.31. The predicted molar refractivity (Wildman–Crippen MR) is 74.2 cm³/mol. The third kappa shape index (κ3) is 2.22. The summed E-state index contributed by atoms with van der Waals surface area (Å²) in [5, 5.41) is 1.88. The average molecular weight is 288 g/mol. The van der Waals surface area contributed by atoms with Crippen LogP contribution in [0.1, 0.15) is 36.6 Å². The van der Waals surface area contributed by atoms with Gasteiger partial charge in [0.25, 0.3) is 0 Å². The maximum absolute atomic E-state index is 12.7. The van der Waals surface area contributed by atoms with E-state index >= 15 is 0 Å². The number of nitrogens with zero attached hydrogens (tertiary/aromatic N) is 1. The lowest BCUT2D eigenvalue weighted by Crippen LogP contribution is -2.35. The van der Waals surface area contributed by atoms with Gasteiger partial charge in [0.05, 0.1) is 0 Å². The molecule has 1 aliphatic rings. The number of rotatable bonds is 4. The fraction of sp³-hybridized carbons (Fsp3) is 0.667. The Labute approximate surface area is 113 Å². The van der Waals surface area contributed by atoms with Gasteiger partial charge < -0.3 is 5.73 Å². The topological polar surface area (TPSA) is 63.4 Å². The Hall–Kier alpha value is -0.430. The lowest BCUT2D eigenvalue weighted by Gasteiger charge is -2.23. The largest absolute Gasteiger partial charge is 0.326 e. The zero-order chi connectivity index (χ0) is 13.3. The van der Waals surface area contributed by atoms with Crippen LogP contribution >= 0.6 is 11.3 Å². The lowest BCUT2D eigenvalue weighted by molar-refractivity contribution is 0.379. The van der Waals surface area contributed by atoms with E-state index in [1.54, 1.807) is 4.31 Å². The van der Waals surface area contributed by atoms with Gasteiger partial charge in [0.1, 0.15) is 4.90 Å². The molecule has 2 heterocycles. The van der Waals surface area contributed by atoms with Crippen LogP contribution in [0.5, 0.6) is 0 Å². The molecule has 2 rings (SSSR count). The van der Waals surface area contributed by atoms with Gasteiger partial charge in [0, 0.05) is 24.0 Å². The van der Waals surface area contributed by atoms with Gasteiger partial charge in [-0.2, -0.15) is 4.31 Å². The molecular formula is C12H20N2O2S2. The number of aryl methyl sites for hydroxylation is 1. The average Bonchev–Trinajstić information content (AvgIpc) is 2.94. The van der Waals surface area contributed by atoms with Crippen LogP contribution in [-0.4, -0.2) is 25.3 Å². The van der Waals surface area contributed by atoms with Gasteiger partial charge in [-0.3, -0.25) is 0 Å². The molecule has 0 saturated carbocycles. The van der Waals surface area contributed by atoms with Crippen molar-refractivity contribution in [3.05, 3.63) is 15.8 Å². The molecule has 4 nitrogen and oxygen atoms in total. The third-order valence-electron chi connectivity index (χ3n) is 3.54. The summed E-state index contributed by atoms with van der Waals surface area (Å²) >= 11 is 1.44. The van der Waals surface area contributed by atoms with E-state index in [1.807, 2.05) is 19.2 Å². The molecule has 102 valence electrons. The first kappa shape index (κ1) is 14.0. The summed E-state index contributed by atoms with van der Waals surface area (Å²) < 4.78 is 27.2. The molecule has 0 spiro atoms. The van der Waals surface area contributed by atoms with Gasteiger partial charge in [-0.15, -0.1) is 11.3 Å². The maximum Gasteiger partial charge on any atom is 0.244 e. The van der Waals surface area contributed by atoms with Crippen molar-refractivity contribution < 1.29 is 8.42 Å². The van der Waals surface area contributed by atoms with Crippen molar-refractivity contribution in [1.29, 1.82) is 0 Å². The van der Waals surface area contributed by atoms with Crippen molar-refractivity contribution in [1.82, 2.24) is 4.31 Å². The molecule has 1 aromatic heterocycles. The quantitative estimate of drug-likeness (QED) is 0.922. The Kier molecular flexibility index (Phi) is 4.11. The van der Waals surface area contributed by atoms with Crippen LogP contribution in [0.2, 0.25) is 0 Å². The van der Waals surface area contributed by atoms with Crippen molar-refractivity contribution in [3.63, 3.8) is 0 Å². The van der Waals surface area contributed by atoms with Crippen LogP contribution in [-0.2, 0) is 16.6 Å². The molecule has 1 fully saturated rings. The minimum absolute atomic E-state index is 0.153. The summed E-state index contributed by atoms with van der Waals surface area (Å²) in [5.41, 5.74) is 6.48. The maximum atomic E-state index is 12.7. The van der Waals surface area contributed by atoms with E-state index in [4.69, 9.17) is 5.73 Å². The van der Waals surface area contributed by atoms with Gasteiger partial charge in [-0.1, -0.05) is 6.92 Å². The summed E-state index contributed by atoms with van der Waals surface area (Å²) in [5.74, 6) is 0. The number of thiophene rings is 1. The van der Waals surface area contributed by atoms with Crippen molar-refractivity contribution in [2.75, 3.05) is 6.54 Å². The zero-order valence-electron chi connectivity index (χ0n) is 10.8. The number of nitrogens with two attached hydrogens (primary N) is 1. The van der Waals surface area contributed by atoms with Crippen LogP contribution < -0.4 is 5.73 Å². The number of sulfonamides is 1. The van der Waals surface area contributed by atoms with E-state index in [-0.39, 0.29) is 12.6 Å². The second kappa shape index (κ2) is 5.28. The van der Waals surface area contributed by atoms with Crippen LogP contribution in [0.4, 0.5) is 0 Å². The Morgan fingerprint density at radius 1 is 1.56 bits per heavy atom. The highest BCUT2D eigenvalue weighted by molar-refractivity contribution is 7.89. The van der Waals surface area contributed by atoms with Gasteiger partial charge in [-0.05, 0) is 37.1 Å². The number of hydrogen-bond acceptors (Lipinski definition) is 4. The Bertz CT molecular complexity index is 522. The molecule has 0 radical (unpaired) electrons. The summed E-state index contributed by atoms with van der Waals surface area (Å²) in [6, 6.07) is 0.153. The second-order valence-corrected chi connectivity index (χ2v) is 7.49. The summed E-state index contributed by atoms with van der Waals surface area (Å²) in [6.45, 7) is 4.82. The summed E-state index contributed by atoms with van der Waals surface area (Å²) in [4.78, 5) is 1.23. The third-order valence-corrected chi connectivity index (χ3v) is 6.97. The van der Waals surface area contributed by atoms with Crippen LogP contribution in [0, 0.1) is 6.92 Å². The minimum atomic E-state index is -3.37. The number of hydrogen-bond donors (Lipinski definition) is 1. The molecule has 0 amide bonds. The standard InChI is InChI=1S/C12H20N2O2S2/c1-3-10-5-4-6-14(10)18(15,16)12-9(2)8-17-11(12)7-13/h8,10H,3-7,13H2,1-2H3. The molecule has 1 aliphatic heterocycles. The Morgan fingerprint density at radius 3 is 2.89 bits per heavy atom. The molecule has 2 N–H and O–H groups in total. The van der Waals surface area contributed by atoms with E-state index in [2.05, 4.69) is 0 Å². The van der Waals surface area contributed by atoms with E-state index in [1.165, 1.54) is 11.3 Å². The molecule has 0 aromatic carbocycles. The van der Waals surface area contributed by atoms with Crippen LogP contribution in [0.3, 0.4) is 0 Å². The van der Waals surface area contributed by atoms with Gasteiger partial charge in [0.15, 0.2) is 0 Å². The van der Waals surface area contributed by atoms with Gasteiger partial charge >= 0.3 is 0 Å². The van der Waals surface area contributed by atoms with Gasteiger partial charge in [-0.25, -0.2) is 8.42 Å². The van der Waals surface area contributed by atoms with Crippen LogP contribution in [0.15, 0.2) is 10.3 Å². The van der Waals surface area contributed by atoms with Crippen molar-refractivity contribution in [2.45, 2.75) is 50.6 Å². The molecule has 6 heteroatoms. The predicted octanol–water partition coefficient (Wildman–Crippen LogP) is 2.08. The molecule has 1 saturated heterocycles.